The smallest absolute Gasteiger partial charge is 0.0540 e. The number of anilines is 3. The predicted octanol–water partition coefficient (Wildman–Crippen LogP) is 14.3. The molecule has 2 heteroatoms. The molecule has 0 amide bonds. The van der Waals surface area contributed by atoms with Gasteiger partial charge < -0.3 is 4.90 Å². The third-order valence-electron chi connectivity index (χ3n) is 10.9. The van der Waals surface area contributed by atoms with Gasteiger partial charge in [0.25, 0.3) is 0 Å². The zero-order valence-corrected chi connectivity index (χ0v) is 29.4. The first-order valence-corrected chi connectivity index (χ1v) is 18.5. The van der Waals surface area contributed by atoms with Crippen molar-refractivity contribution in [3.05, 3.63) is 187 Å². The highest BCUT2D eigenvalue weighted by Gasteiger charge is 2.37. The van der Waals surface area contributed by atoms with Crippen LogP contribution in [0.2, 0.25) is 0 Å². The highest BCUT2D eigenvalue weighted by atomic mass is 32.1. The molecule has 10 rings (SSSR count). The molecule has 0 saturated heterocycles. The van der Waals surface area contributed by atoms with Gasteiger partial charge in [0.15, 0.2) is 0 Å². The van der Waals surface area contributed by atoms with Crippen molar-refractivity contribution < 1.29 is 0 Å². The van der Waals surface area contributed by atoms with Crippen molar-refractivity contribution in [1.82, 2.24) is 0 Å². The highest BCUT2D eigenvalue weighted by Crippen LogP contribution is 2.52. The highest BCUT2D eigenvalue weighted by molar-refractivity contribution is 7.25. The molecule has 51 heavy (non-hydrogen) atoms. The Morgan fingerprint density at radius 3 is 1.92 bits per heavy atom. The summed E-state index contributed by atoms with van der Waals surface area (Å²) in [6.07, 6.45) is 0. The maximum Gasteiger partial charge on any atom is 0.0540 e. The third kappa shape index (κ3) is 4.67. The molecule has 1 aliphatic rings. The van der Waals surface area contributed by atoms with Gasteiger partial charge in [-0.1, -0.05) is 153 Å². The Morgan fingerprint density at radius 1 is 0.431 bits per heavy atom. The average molecular weight is 670 g/mol. The van der Waals surface area contributed by atoms with Crippen LogP contribution in [0, 0.1) is 0 Å². The van der Waals surface area contributed by atoms with E-state index in [-0.39, 0.29) is 5.41 Å². The molecule has 0 spiro atoms. The predicted molar refractivity (Wildman–Crippen MR) is 220 cm³/mol. The van der Waals surface area contributed by atoms with Crippen LogP contribution in [-0.4, -0.2) is 0 Å². The molecule has 1 nitrogen and oxygen atoms in total. The second-order valence-electron chi connectivity index (χ2n) is 14.1. The maximum absolute atomic E-state index is 2.45. The molecule has 0 saturated carbocycles. The Morgan fingerprint density at radius 2 is 1.04 bits per heavy atom. The molecule has 0 bridgehead atoms. The standard InChI is InChI=1S/C49H35NS/c1-49(2)43-21-8-5-17-39(43)42-20-12-19-38(48(42)49)33-25-28-35(29-26-33)50(45-23-11-14-32-13-3-4-15-36(32)45)44-22-9-6-16-37(44)34-27-30-41-40-18-7-10-24-46(40)51-47(41)31-34/h3-31H,1-2H3. The van der Waals surface area contributed by atoms with Gasteiger partial charge in [-0.15, -0.1) is 11.3 Å². The monoisotopic (exact) mass is 669 g/mol. The van der Waals surface area contributed by atoms with Crippen LogP contribution < -0.4 is 4.90 Å². The van der Waals surface area contributed by atoms with E-state index in [2.05, 4.69) is 195 Å². The van der Waals surface area contributed by atoms with Gasteiger partial charge in [-0.2, -0.15) is 0 Å². The van der Waals surface area contributed by atoms with Crippen molar-refractivity contribution in [3.63, 3.8) is 0 Å². The number of benzene rings is 8. The quantitative estimate of drug-likeness (QED) is 0.176. The van der Waals surface area contributed by atoms with Crippen molar-refractivity contribution in [2.45, 2.75) is 19.3 Å². The fourth-order valence-corrected chi connectivity index (χ4v) is 9.64. The molecular weight excluding hydrogens is 635 g/mol. The largest absolute Gasteiger partial charge is 0.309 e. The Kier molecular flexibility index (Phi) is 6.78. The number of thiophene rings is 1. The average Bonchev–Trinajstić information content (AvgIpc) is 3.67. The number of hydrogen-bond donors (Lipinski definition) is 0. The molecule has 1 aromatic heterocycles. The number of para-hydroxylation sites is 1. The number of fused-ring (bicyclic) bond motifs is 7. The molecule has 0 radical (unpaired) electrons. The maximum atomic E-state index is 2.45. The van der Waals surface area contributed by atoms with E-state index in [1.54, 1.807) is 0 Å². The van der Waals surface area contributed by atoms with Crippen LogP contribution in [-0.2, 0) is 5.41 Å². The van der Waals surface area contributed by atoms with Crippen LogP contribution >= 0.6 is 11.3 Å². The van der Waals surface area contributed by atoms with E-state index in [1.807, 2.05) is 11.3 Å². The van der Waals surface area contributed by atoms with Crippen molar-refractivity contribution in [1.29, 1.82) is 0 Å². The summed E-state index contributed by atoms with van der Waals surface area (Å²) >= 11 is 1.87. The molecule has 0 N–H and O–H groups in total. The first-order chi connectivity index (χ1) is 25.1. The summed E-state index contributed by atoms with van der Waals surface area (Å²) in [5.41, 5.74) is 13.8. The summed E-state index contributed by atoms with van der Waals surface area (Å²) in [6, 6.07) is 64.8. The second kappa shape index (κ2) is 11.6. The number of nitrogens with zero attached hydrogens (tertiary/aromatic N) is 1. The Hall–Kier alpha value is -5.96. The van der Waals surface area contributed by atoms with Gasteiger partial charge >= 0.3 is 0 Å². The van der Waals surface area contributed by atoms with Crippen molar-refractivity contribution >= 4 is 59.3 Å². The van der Waals surface area contributed by atoms with Crippen LogP contribution in [0.25, 0.3) is 64.3 Å². The lowest BCUT2D eigenvalue weighted by atomic mass is 9.79. The van der Waals surface area contributed by atoms with E-state index in [1.165, 1.54) is 75.5 Å². The molecule has 0 atom stereocenters. The minimum atomic E-state index is -0.0787. The lowest BCUT2D eigenvalue weighted by Gasteiger charge is -2.29. The lowest BCUT2D eigenvalue weighted by molar-refractivity contribution is 0.662. The first kappa shape index (κ1) is 29.9. The van der Waals surface area contributed by atoms with Gasteiger partial charge in [-0.05, 0) is 80.7 Å². The van der Waals surface area contributed by atoms with E-state index < -0.39 is 0 Å². The molecule has 8 aromatic carbocycles. The molecule has 1 heterocycles. The first-order valence-electron chi connectivity index (χ1n) is 17.7. The molecule has 0 fully saturated rings. The topological polar surface area (TPSA) is 3.24 Å². The molecule has 0 aliphatic heterocycles. The van der Waals surface area contributed by atoms with Gasteiger partial charge in [-0.3, -0.25) is 0 Å². The summed E-state index contributed by atoms with van der Waals surface area (Å²) in [6.45, 7) is 4.73. The zero-order chi connectivity index (χ0) is 34.1. The summed E-state index contributed by atoms with van der Waals surface area (Å²) in [4.78, 5) is 2.45. The van der Waals surface area contributed by atoms with Gasteiger partial charge in [0.1, 0.15) is 0 Å². The Bertz CT molecular complexity index is 2780. The van der Waals surface area contributed by atoms with E-state index in [9.17, 15) is 0 Å². The SMILES string of the molecule is CC1(C)c2ccccc2-c2cccc(-c3ccc(N(c4ccccc4-c4ccc5c(c4)sc4ccccc45)c4cccc5ccccc45)cc3)c21. The van der Waals surface area contributed by atoms with Crippen molar-refractivity contribution in [2.24, 2.45) is 0 Å². The number of hydrogen-bond acceptors (Lipinski definition) is 2. The van der Waals surface area contributed by atoms with Crippen molar-refractivity contribution in [3.8, 4) is 33.4 Å². The van der Waals surface area contributed by atoms with Crippen molar-refractivity contribution in [2.75, 3.05) is 4.90 Å². The summed E-state index contributed by atoms with van der Waals surface area (Å²) in [7, 11) is 0. The Balaban J connectivity index is 1.14. The van der Waals surface area contributed by atoms with E-state index in [4.69, 9.17) is 0 Å². The van der Waals surface area contributed by atoms with Gasteiger partial charge in [0, 0.05) is 42.2 Å². The molecular formula is C49H35NS. The molecule has 242 valence electrons. The number of rotatable bonds is 5. The van der Waals surface area contributed by atoms with Gasteiger partial charge in [-0.25, -0.2) is 0 Å². The summed E-state index contributed by atoms with van der Waals surface area (Å²) in [5.74, 6) is 0. The third-order valence-corrected chi connectivity index (χ3v) is 12.0. The van der Waals surface area contributed by atoms with Crippen LogP contribution in [0.15, 0.2) is 176 Å². The normalized spacial score (nSPS) is 13.1. The van der Waals surface area contributed by atoms with Crippen LogP contribution in [0.3, 0.4) is 0 Å². The fourth-order valence-electron chi connectivity index (χ4n) is 8.50. The molecule has 9 aromatic rings. The second-order valence-corrected chi connectivity index (χ2v) is 15.2. The zero-order valence-electron chi connectivity index (χ0n) is 28.6. The van der Waals surface area contributed by atoms with E-state index >= 15 is 0 Å². The molecule has 0 unspecified atom stereocenters. The summed E-state index contributed by atoms with van der Waals surface area (Å²) in [5, 5.41) is 5.09. The van der Waals surface area contributed by atoms with Gasteiger partial charge in [0.05, 0.1) is 11.4 Å². The minimum Gasteiger partial charge on any atom is -0.309 e. The van der Waals surface area contributed by atoms with Crippen LogP contribution in [0.4, 0.5) is 17.1 Å². The Labute approximate surface area is 302 Å². The summed E-state index contributed by atoms with van der Waals surface area (Å²) < 4.78 is 2.64. The molecule has 1 aliphatic carbocycles. The van der Waals surface area contributed by atoms with E-state index in [0.717, 1.165) is 17.1 Å². The fraction of sp³-hybridized carbons (Fsp3) is 0.0612. The lowest BCUT2D eigenvalue weighted by Crippen LogP contribution is -2.16. The minimum absolute atomic E-state index is 0.0787. The van der Waals surface area contributed by atoms with Crippen LogP contribution in [0.1, 0.15) is 25.0 Å². The van der Waals surface area contributed by atoms with Crippen LogP contribution in [0.5, 0.6) is 0 Å². The van der Waals surface area contributed by atoms with Gasteiger partial charge in [0.2, 0.25) is 0 Å². The van der Waals surface area contributed by atoms with E-state index in [0.29, 0.717) is 0 Å².